The summed E-state index contributed by atoms with van der Waals surface area (Å²) in [5.41, 5.74) is 0.468. The quantitative estimate of drug-likeness (QED) is 0.621. The fourth-order valence-corrected chi connectivity index (χ4v) is 3.32. The molecule has 1 saturated carbocycles. The van der Waals surface area contributed by atoms with Gasteiger partial charge in [-0.05, 0) is 30.6 Å². The molecule has 2 heteroatoms. The van der Waals surface area contributed by atoms with Crippen LogP contribution >= 0.6 is 0 Å². The molecule has 0 aromatic heterocycles. The third-order valence-corrected chi connectivity index (χ3v) is 3.27. The molecule has 76 valence electrons. The molecular formula is C11H21NO. The summed E-state index contributed by atoms with van der Waals surface area (Å²) in [6.45, 7) is 8.97. The molecule has 1 saturated heterocycles. The fourth-order valence-electron chi connectivity index (χ4n) is 3.32. The van der Waals surface area contributed by atoms with Crippen LogP contribution in [0.4, 0.5) is 0 Å². The Morgan fingerprint density at radius 3 is 2.62 bits per heavy atom. The van der Waals surface area contributed by atoms with Crippen LogP contribution in [-0.2, 0) is 4.74 Å². The highest BCUT2D eigenvalue weighted by Crippen LogP contribution is 2.45. The van der Waals surface area contributed by atoms with Crippen molar-refractivity contribution in [3.63, 3.8) is 0 Å². The molecule has 1 aliphatic carbocycles. The zero-order chi connectivity index (χ0) is 9.53. The maximum Gasteiger partial charge on any atom is 0.120 e. The van der Waals surface area contributed by atoms with Gasteiger partial charge in [-0.2, -0.15) is 0 Å². The molecule has 0 radical (unpaired) electrons. The smallest absolute Gasteiger partial charge is 0.120 e. The summed E-state index contributed by atoms with van der Waals surface area (Å²) >= 11 is 0. The van der Waals surface area contributed by atoms with E-state index in [1.165, 1.54) is 19.3 Å². The number of ether oxygens (including phenoxy) is 1. The van der Waals surface area contributed by atoms with Crippen LogP contribution in [-0.4, -0.2) is 18.9 Å². The van der Waals surface area contributed by atoms with Crippen molar-refractivity contribution in [2.75, 3.05) is 13.2 Å². The van der Waals surface area contributed by atoms with Gasteiger partial charge in [-0.3, -0.25) is 5.32 Å². The van der Waals surface area contributed by atoms with Crippen LogP contribution in [0.3, 0.4) is 0 Å². The van der Waals surface area contributed by atoms with Gasteiger partial charge in [0, 0.05) is 6.54 Å². The molecule has 1 N–H and O–H groups in total. The van der Waals surface area contributed by atoms with Crippen LogP contribution < -0.4 is 5.32 Å². The Morgan fingerprint density at radius 2 is 2.08 bits per heavy atom. The van der Waals surface area contributed by atoms with Gasteiger partial charge in [0.15, 0.2) is 0 Å². The van der Waals surface area contributed by atoms with E-state index in [2.05, 4.69) is 26.1 Å². The van der Waals surface area contributed by atoms with Gasteiger partial charge in [-0.25, -0.2) is 0 Å². The lowest BCUT2D eigenvalue weighted by Crippen LogP contribution is -2.49. The van der Waals surface area contributed by atoms with Crippen molar-refractivity contribution in [1.29, 1.82) is 0 Å². The molecule has 0 amide bonds. The Bertz CT molecular complexity index is 194. The maximum atomic E-state index is 5.88. The summed E-state index contributed by atoms with van der Waals surface area (Å²) in [6.07, 6.45) is 3.70. The number of rotatable bonds is 0. The second kappa shape index (κ2) is 2.96. The molecule has 2 nitrogen and oxygen atoms in total. The molecule has 2 unspecified atom stereocenters. The first kappa shape index (κ1) is 9.47. The molecule has 2 rings (SSSR count). The first-order valence-corrected chi connectivity index (χ1v) is 5.40. The van der Waals surface area contributed by atoms with Gasteiger partial charge in [0.1, 0.15) is 5.72 Å². The summed E-state index contributed by atoms with van der Waals surface area (Å²) in [7, 11) is 0. The molecule has 1 aliphatic heterocycles. The van der Waals surface area contributed by atoms with Crippen molar-refractivity contribution >= 4 is 0 Å². The summed E-state index contributed by atoms with van der Waals surface area (Å²) in [5.74, 6) is 0.786. The summed E-state index contributed by atoms with van der Waals surface area (Å²) in [4.78, 5) is 0. The van der Waals surface area contributed by atoms with Crippen LogP contribution in [0.1, 0.15) is 40.0 Å². The van der Waals surface area contributed by atoms with Crippen molar-refractivity contribution in [2.24, 2.45) is 11.3 Å². The molecule has 2 aliphatic rings. The van der Waals surface area contributed by atoms with Gasteiger partial charge < -0.3 is 4.74 Å². The van der Waals surface area contributed by atoms with E-state index < -0.39 is 0 Å². The van der Waals surface area contributed by atoms with E-state index in [0.717, 1.165) is 19.1 Å². The highest BCUT2D eigenvalue weighted by molar-refractivity contribution is 4.94. The lowest BCUT2D eigenvalue weighted by molar-refractivity contribution is -0.0876. The third kappa shape index (κ3) is 1.89. The average molecular weight is 183 g/mol. The van der Waals surface area contributed by atoms with E-state index in [1.54, 1.807) is 0 Å². The summed E-state index contributed by atoms with van der Waals surface area (Å²) in [5, 5.41) is 3.54. The van der Waals surface area contributed by atoms with Crippen LogP contribution in [0.5, 0.6) is 0 Å². The molecule has 1 spiro atoms. The maximum absolute atomic E-state index is 5.88. The third-order valence-electron chi connectivity index (χ3n) is 3.27. The second-order valence-corrected chi connectivity index (χ2v) is 5.62. The Morgan fingerprint density at radius 1 is 1.31 bits per heavy atom. The SMILES string of the molecule is CC1CC(C)(C)CC2(C1)NCCO2. The van der Waals surface area contributed by atoms with E-state index in [1.807, 2.05) is 0 Å². The topological polar surface area (TPSA) is 21.3 Å². The highest BCUT2D eigenvalue weighted by atomic mass is 16.5. The normalized spacial score (nSPS) is 44.1. The van der Waals surface area contributed by atoms with Gasteiger partial charge in [-0.1, -0.05) is 20.8 Å². The first-order valence-electron chi connectivity index (χ1n) is 5.40. The molecule has 2 fully saturated rings. The first-order chi connectivity index (χ1) is 6.02. The zero-order valence-electron chi connectivity index (χ0n) is 9.02. The summed E-state index contributed by atoms with van der Waals surface area (Å²) < 4.78 is 5.88. The largest absolute Gasteiger partial charge is 0.359 e. The van der Waals surface area contributed by atoms with E-state index in [9.17, 15) is 0 Å². The lowest BCUT2D eigenvalue weighted by atomic mass is 9.69. The van der Waals surface area contributed by atoms with Crippen molar-refractivity contribution in [3.05, 3.63) is 0 Å². The van der Waals surface area contributed by atoms with Gasteiger partial charge in [0.2, 0.25) is 0 Å². The number of nitrogens with one attached hydrogen (secondary N) is 1. The van der Waals surface area contributed by atoms with Gasteiger partial charge in [0.05, 0.1) is 6.61 Å². The van der Waals surface area contributed by atoms with Crippen LogP contribution in [0.15, 0.2) is 0 Å². The molecular weight excluding hydrogens is 162 g/mol. The predicted molar refractivity (Wildman–Crippen MR) is 53.5 cm³/mol. The molecule has 13 heavy (non-hydrogen) atoms. The number of hydrogen-bond donors (Lipinski definition) is 1. The molecule has 0 bridgehead atoms. The monoisotopic (exact) mass is 183 g/mol. The van der Waals surface area contributed by atoms with Gasteiger partial charge in [0.25, 0.3) is 0 Å². The van der Waals surface area contributed by atoms with E-state index in [4.69, 9.17) is 4.74 Å². The van der Waals surface area contributed by atoms with Crippen LogP contribution in [0.2, 0.25) is 0 Å². The molecule has 2 atom stereocenters. The lowest BCUT2D eigenvalue weighted by Gasteiger charge is -2.45. The van der Waals surface area contributed by atoms with Crippen molar-refractivity contribution in [3.8, 4) is 0 Å². The molecule has 0 aromatic rings. The minimum Gasteiger partial charge on any atom is -0.359 e. The Hall–Kier alpha value is -0.0800. The van der Waals surface area contributed by atoms with E-state index in [-0.39, 0.29) is 5.72 Å². The summed E-state index contributed by atoms with van der Waals surface area (Å²) in [6, 6.07) is 0. The molecule has 1 heterocycles. The minimum absolute atomic E-state index is 0.0289. The Labute approximate surface area is 81.0 Å². The fraction of sp³-hybridized carbons (Fsp3) is 1.00. The predicted octanol–water partition coefficient (Wildman–Crippen LogP) is 2.15. The van der Waals surface area contributed by atoms with Gasteiger partial charge in [-0.15, -0.1) is 0 Å². The Kier molecular flexibility index (Phi) is 2.16. The van der Waals surface area contributed by atoms with Crippen molar-refractivity contribution in [2.45, 2.75) is 45.8 Å². The van der Waals surface area contributed by atoms with Crippen LogP contribution in [0, 0.1) is 11.3 Å². The van der Waals surface area contributed by atoms with Crippen molar-refractivity contribution < 1.29 is 4.74 Å². The van der Waals surface area contributed by atoms with E-state index in [0.29, 0.717) is 5.41 Å². The molecule has 0 aromatic carbocycles. The van der Waals surface area contributed by atoms with Gasteiger partial charge >= 0.3 is 0 Å². The van der Waals surface area contributed by atoms with Crippen LogP contribution in [0.25, 0.3) is 0 Å². The second-order valence-electron chi connectivity index (χ2n) is 5.62. The standard InChI is InChI=1S/C11H21NO/c1-9-6-10(2,3)8-11(7-9)12-4-5-13-11/h9,12H,4-8H2,1-3H3. The van der Waals surface area contributed by atoms with E-state index >= 15 is 0 Å². The zero-order valence-corrected chi connectivity index (χ0v) is 9.02. The average Bonchev–Trinajstić information content (AvgIpc) is 2.31. The minimum atomic E-state index is 0.0289. The highest BCUT2D eigenvalue weighted by Gasteiger charge is 2.45. The Balaban J connectivity index is 2.12. The van der Waals surface area contributed by atoms with Crippen molar-refractivity contribution in [1.82, 2.24) is 5.32 Å². The number of hydrogen-bond acceptors (Lipinski definition) is 2.